The summed E-state index contributed by atoms with van der Waals surface area (Å²) in [6.45, 7) is 3.91. The van der Waals surface area contributed by atoms with E-state index in [0.717, 1.165) is 5.56 Å². The Kier molecular flexibility index (Phi) is 8.26. The molecule has 0 aliphatic heterocycles. The quantitative estimate of drug-likeness (QED) is 0.527. The monoisotopic (exact) mass is 336 g/mol. The highest BCUT2D eigenvalue weighted by molar-refractivity contribution is 5.74. The number of nitrogens with one attached hydrogen (secondary N) is 2. The second kappa shape index (κ2) is 9.93. The maximum Gasteiger partial charge on any atom is 0.315 e. The van der Waals surface area contributed by atoms with Crippen LogP contribution in [0.3, 0.4) is 0 Å². The van der Waals surface area contributed by atoms with E-state index in [4.69, 9.17) is 5.11 Å². The molecule has 4 N–H and O–H groups in total. The van der Waals surface area contributed by atoms with Crippen LogP contribution in [0.1, 0.15) is 45.1 Å². The van der Waals surface area contributed by atoms with Gasteiger partial charge in [-0.25, -0.2) is 4.79 Å². The van der Waals surface area contributed by atoms with Crippen LogP contribution in [-0.4, -0.2) is 40.4 Å². The molecule has 1 aromatic carbocycles. The number of urea groups is 1. The van der Waals surface area contributed by atoms with Gasteiger partial charge in [0.2, 0.25) is 0 Å². The van der Waals surface area contributed by atoms with Crippen LogP contribution in [-0.2, 0) is 11.2 Å². The Bertz CT molecular complexity index is 515. The lowest BCUT2D eigenvalue weighted by molar-refractivity contribution is -0.137. The molecule has 0 saturated carbocycles. The summed E-state index contributed by atoms with van der Waals surface area (Å²) in [5.74, 6) is -0.887. The van der Waals surface area contributed by atoms with Crippen molar-refractivity contribution in [1.29, 1.82) is 0 Å². The average Bonchev–Trinajstić information content (AvgIpc) is 2.58. The van der Waals surface area contributed by atoms with Gasteiger partial charge in [0, 0.05) is 19.0 Å². The predicted molar refractivity (Wildman–Crippen MR) is 92.9 cm³/mol. The van der Waals surface area contributed by atoms with E-state index in [1.807, 2.05) is 44.2 Å². The molecule has 1 atom stereocenters. The van der Waals surface area contributed by atoms with Gasteiger partial charge in [-0.1, -0.05) is 44.2 Å². The average molecular weight is 336 g/mol. The molecule has 1 aromatic rings. The molecule has 0 fully saturated rings. The minimum absolute atomic E-state index is 0.00830. The molecule has 0 heterocycles. The van der Waals surface area contributed by atoms with Crippen LogP contribution >= 0.6 is 0 Å². The van der Waals surface area contributed by atoms with Crippen molar-refractivity contribution in [2.24, 2.45) is 0 Å². The zero-order valence-corrected chi connectivity index (χ0v) is 14.4. The third-order valence-electron chi connectivity index (χ3n) is 4.26. The highest BCUT2D eigenvalue weighted by atomic mass is 16.4. The van der Waals surface area contributed by atoms with Crippen molar-refractivity contribution in [1.82, 2.24) is 10.6 Å². The van der Waals surface area contributed by atoms with Crippen LogP contribution in [0.25, 0.3) is 0 Å². The Labute approximate surface area is 143 Å². The fraction of sp³-hybridized carbons (Fsp3) is 0.556. The molecule has 0 bridgehead atoms. The van der Waals surface area contributed by atoms with Crippen molar-refractivity contribution in [2.75, 3.05) is 6.54 Å². The van der Waals surface area contributed by atoms with Gasteiger partial charge in [0.25, 0.3) is 0 Å². The van der Waals surface area contributed by atoms with E-state index in [2.05, 4.69) is 10.6 Å². The minimum Gasteiger partial charge on any atom is -0.481 e. The third kappa shape index (κ3) is 7.46. The summed E-state index contributed by atoms with van der Waals surface area (Å²) in [5.41, 5.74) is 0.125. The van der Waals surface area contributed by atoms with Crippen molar-refractivity contribution in [2.45, 2.75) is 57.6 Å². The second-order valence-electron chi connectivity index (χ2n) is 6.08. The highest BCUT2D eigenvalue weighted by Crippen LogP contribution is 2.13. The molecular formula is C18H28N2O4. The van der Waals surface area contributed by atoms with Gasteiger partial charge in [-0.15, -0.1) is 0 Å². The smallest absolute Gasteiger partial charge is 0.315 e. The molecule has 0 aliphatic carbocycles. The molecule has 0 aliphatic rings. The summed E-state index contributed by atoms with van der Waals surface area (Å²) in [4.78, 5) is 22.9. The Morgan fingerprint density at radius 2 is 1.79 bits per heavy atom. The van der Waals surface area contributed by atoms with Crippen molar-refractivity contribution < 1.29 is 19.8 Å². The van der Waals surface area contributed by atoms with Gasteiger partial charge in [0.15, 0.2) is 0 Å². The number of rotatable bonds is 10. The molecule has 1 rings (SSSR count). The third-order valence-corrected chi connectivity index (χ3v) is 4.26. The molecular weight excluding hydrogens is 308 g/mol. The van der Waals surface area contributed by atoms with Crippen LogP contribution in [0.5, 0.6) is 0 Å². The largest absolute Gasteiger partial charge is 0.481 e. The summed E-state index contributed by atoms with van der Waals surface area (Å²) in [5, 5.41) is 24.6. The Balaban J connectivity index is 2.59. The number of aliphatic carboxylic acids is 1. The van der Waals surface area contributed by atoms with Crippen LogP contribution in [0.15, 0.2) is 30.3 Å². The summed E-state index contributed by atoms with van der Waals surface area (Å²) in [6.07, 6.45) is 2.01. The van der Waals surface area contributed by atoms with Crippen molar-refractivity contribution in [3.63, 3.8) is 0 Å². The fourth-order valence-corrected chi connectivity index (χ4v) is 2.40. The molecule has 1 unspecified atom stereocenters. The van der Waals surface area contributed by atoms with E-state index in [1.165, 1.54) is 0 Å². The Hall–Kier alpha value is -2.08. The summed E-state index contributed by atoms with van der Waals surface area (Å²) in [7, 11) is 0. The summed E-state index contributed by atoms with van der Waals surface area (Å²) < 4.78 is 0. The zero-order chi connectivity index (χ0) is 18.0. The number of carboxylic acid groups (broad SMARTS) is 1. The maximum atomic E-state index is 12.1. The van der Waals surface area contributed by atoms with E-state index in [1.54, 1.807) is 0 Å². The first-order valence-corrected chi connectivity index (χ1v) is 8.41. The number of aliphatic hydroxyl groups is 1. The van der Waals surface area contributed by atoms with E-state index in [9.17, 15) is 14.7 Å². The van der Waals surface area contributed by atoms with Crippen LogP contribution < -0.4 is 10.6 Å². The van der Waals surface area contributed by atoms with Crippen LogP contribution in [0, 0.1) is 0 Å². The molecule has 0 saturated heterocycles. The van der Waals surface area contributed by atoms with Gasteiger partial charge in [-0.05, 0) is 31.2 Å². The van der Waals surface area contributed by atoms with Crippen LogP contribution in [0.4, 0.5) is 4.79 Å². The number of carbonyl (C=O) groups excluding carboxylic acids is 1. The Morgan fingerprint density at radius 1 is 1.17 bits per heavy atom. The van der Waals surface area contributed by atoms with E-state index in [-0.39, 0.29) is 25.0 Å². The fourth-order valence-electron chi connectivity index (χ4n) is 2.40. The lowest BCUT2D eigenvalue weighted by atomic mass is 9.98. The topological polar surface area (TPSA) is 98.7 Å². The van der Waals surface area contributed by atoms with Gasteiger partial charge >= 0.3 is 12.0 Å². The van der Waals surface area contributed by atoms with E-state index >= 15 is 0 Å². The number of carboxylic acids is 1. The standard InChI is InChI=1S/C18H28N2O4/c1-3-18(24,4-2)13-19-17(23)20-15(10-11-16(21)22)12-14-8-6-5-7-9-14/h5-9,15,24H,3-4,10-13H2,1-2H3,(H,21,22)(H2,19,20,23). The summed E-state index contributed by atoms with van der Waals surface area (Å²) in [6, 6.07) is 8.95. The first kappa shape index (κ1) is 20.0. The molecule has 6 heteroatoms. The molecule has 0 spiro atoms. The number of carbonyl (C=O) groups is 2. The van der Waals surface area contributed by atoms with Gasteiger partial charge in [-0.3, -0.25) is 4.79 Å². The number of hydrogen-bond acceptors (Lipinski definition) is 3. The predicted octanol–water partition coefficient (Wildman–Crippen LogP) is 2.31. The molecule has 0 aromatic heterocycles. The normalized spacial score (nSPS) is 12.5. The molecule has 6 nitrogen and oxygen atoms in total. The highest BCUT2D eigenvalue weighted by Gasteiger charge is 2.23. The van der Waals surface area contributed by atoms with Gasteiger partial charge in [0.1, 0.15) is 0 Å². The first-order chi connectivity index (χ1) is 11.4. The molecule has 0 radical (unpaired) electrons. The molecule has 24 heavy (non-hydrogen) atoms. The van der Waals surface area contributed by atoms with E-state index in [0.29, 0.717) is 25.7 Å². The second-order valence-corrected chi connectivity index (χ2v) is 6.08. The number of hydrogen-bond donors (Lipinski definition) is 4. The molecule has 2 amide bonds. The van der Waals surface area contributed by atoms with Crippen molar-refractivity contribution in [3.8, 4) is 0 Å². The van der Waals surface area contributed by atoms with Gasteiger partial charge in [0.05, 0.1) is 5.60 Å². The maximum absolute atomic E-state index is 12.1. The van der Waals surface area contributed by atoms with Crippen molar-refractivity contribution >= 4 is 12.0 Å². The Morgan fingerprint density at radius 3 is 2.33 bits per heavy atom. The van der Waals surface area contributed by atoms with Gasteiger partial charge < -0.3 is 20.8 Å². The van der Waals surface area contributed by atoms with E-state index < -0.39 is 11.6 Å². The SMILES string of the molecule is CCC(O)(CC)CNC(=O)NC(CCC(=O)O)Cc1ccccc1. The lowest BCUT2D eigenvalue weighted by Gasteiger charge is -2.26. The first-order valence-electron chi connectivity index (χ1n) is 8.41. The number of amides is 2. The minimum atomic E-state index is -0.909. The number of benzene rings is 1. The van der Waals surface area contributed by atoms with Crippen LogP contribution in [0.2, 0.25) is 0 Å². The zero-order valence-electron chi connectivity index (χ0n) is 14.4. The lowest BCUT2D eigenvalue weighted by Crippen LogP contribution is -2.49. The molecule has 134 valence electrons. The van der Waals surface area contributed by atoms with Crippen molar-refractivity contribution in [3.05, 3.63) is 35.9 Å². The summed E-state index contributed by atoms with van der Waals surface area (Å²) >= 11 is 0. The van der Waals surface area contributed by atoms with Gasteiger partial charge in [-0.2, -0.15) is 0 Å².